The van der Waals surface area contributed by atoms with Crippen molar-refractivity contribution in [3.63, 3.8) is 0 Å². The second-order valence-corrected chi connectivity index (χ2v) is 5.02. The molecule has 0 aliphatic carbocycles. The highest BCUT2D eigenvalue weighted by Crippen LogP contribution is 2.25. The van der Waals surface area contributed by atoms with Gasteiger partial charge in [-0.05, 0) is 17.7 Å². The molecule has 1 aromatic rings. The van der Waals surface area contributed by atoms with Crippen molar-refractivity contribution < 1.29 is 4.79 Å². The zero-order valence-electron chi connectivity index (χ0n) is 10.4. The number of hydrogen-bond donors (Lipinski definition) is 2. The van der Waals surface area contributed by atoms with Crippen LogP contribution in [0.4, 0.5) is 10.5 Å². The molecule has 17 heavy (non-hydrogen) atoms. The highest BCUT2D eigenvalue weighted by Gasteiger charge is 2.22. The van der Waals surface area contributed by atoms with E-state index < -0.39 is 0 Å². The van der Waals surface area contributed by atoms with Crippen LogP contribution in [-0.2, 0) is 5.41 Å². The average Bonchev–Trinajstić information content (AvgIpc) is 2.76. The number of carbonyl (C=O) groups is 1. The van der Waals surface area contributed by atoms with E-state index in [4.69, 9.17) is 5.73 Å². The van der Waals surface area contributed by atoms with Crippen LogP contribution < -0.4 is 16.0 Å². The molecule has 1 aromatic carbocycles. The summed E-state index contributed by atoms with van der Waals surface area (Å²) in [4.78, 5) is 13.3. The third-order valence-corrected chi connectivity index (χ3v) is 3.33. The summed E-state index contributed by atoms with van der Waals surface area (Å²) in [7, 11) is 0. The van der Waals surface area contributed by atoms with E-state index in [-0.39, 0.29) is 11.4 Å². The van der Waals surface area contributed by atoms with E-state index in [1.807, 2.05) is 24.3 Å². The molecule has 3 N–H and O–H groups in total. The van der Waals surface area contributed by atoms with Crippen LogP contribution >= 0.6 is 0 Å². The third-order valence-electron chi connectivity index (χ3n) is 3.33. The second-order valence-electron chi connectivity index (χ2n) is 5.02. The van der Waals surface area contributed by atoms with Gasteiger partial charge in [0.05, 0.1) is 0 Å². The molecule has 4 heteroatoms. The number of benzene rings is 1. The first kappa shape index (κ1) is 11.9. The number of anilines is 1. The summed E-state index contributed by atoms with van der Waals surface area (Å²) < 4.78 is 0. The van der Waals surface area contributed by atoms with E-state index in [0.29, 0.717) is 6.54 Å². The van der Waals surface area contributed by atoms with Crippen LogP contribution in [0, 0.1) is 0 Å². The number of amides is 2. The van der Waals surface area contributed by atoms with Gasteiger partial charge in [-0.1, -0.05) is 26.0 Å². The lowest BCUT2D eigenvalue weighted by atomic mass is 9.85. The highest BCUT2D eigenvalue weighted by atomic mass is 16.2. The SMILES string of the molecule is CC(C)(CN)c1ccc(N2CCNC2=O)cc1. The first-order valence-corrected chi connectivity index (χ1v) is 5.90. The van der Waals surface area contributed by atoms with Gasteiger partial charge in [0, 0.05) is 30.7 Å². The molecule has 0 atom stereocenters. The Morgan fingerprint density at radius 2 is 2.00 bits per heavy atom. The van der Waals surface area contributed by atoms with Crippen molar-refractivity contribution in [3.8, 4) is 0 Å². The van der Waals surface area contributed by atoms with E-state index >= 15 is 0 Å². The summed E-state index contributed by atoms with van der Waals surface area (Å²) in [6, 6.07) is 8.05. The van der Waals surface area contributed by atoms with Crippen molar-refractivity contribution in [2.75, 3.05) is 24.5 Å². The Hall–Kier alpha value is -1.55. The van der Waals surface area contributed by atoms with E-state index in [1.54, 1.807) is 4.90 Å². The molecule has 0 unspecified atom stereocenters. The summed E-state index contributed by atoms with van der Waals surface area (Å²) >= 11 is 0. The largest absolute Gasteiger partial charge is 0.336 e. The summed E-state index contributed by atoms with van der Waals surface area (Å²) in [5, 5.41) is 2.79. The van der Waals surface area contributed by atoms with Crippen molar-refractivity contribution in [2.45, 2.75) is 19.3 Å². The van der Waals surface area contributed by atoms with Gasteiger partial charge in [0.2, 0.25) is 0 Å². The standard InChI is InChI=1S/C13H19N3O/c1-13(2,9-14)10-3-5-11(6-4-10)16-8-7-15-12(16)17/h3-6H,7-9,14H2,1-2H3,(H,15,17). The highest BCUT2D eigenvalue weighted by molar-refractivity contribution is 5.93. The molecule has 1 saturated heterocycles. The van der Waals surface area contributed by atoms with Gasteiger partial charge in [-0.2, -0.15) is 0 Å². The third kappa shape index (κ3) is 2.26. The van der Waals surface area contributed by atoms with E-state index in [1.165, 1.54) is 5.56 Å². The van der Waals surface area contributed by atoms with Gasteiger partial charge in [0.15, 0.2) is 0 Å². The van der Waals surface area contributed by atoms with Gasteiger partial charge in [-0.15, -0.1) is 0 Å². The van der Waals surface area contributed by atoms with E-state index in [0.717, 1.165) is 18.8 Å². The molecule has 1 fully saturated rings. The predicted octanol–water partition coefficient (Wildman–Crippen LogP) is 1.45. The van der Waals surface area contributed by atoms with Crippen molar-refractivity contribution in [2.24, 2.45) is 5.73 Å². The van der Waals surface area contributed by atoms with Crippen LogP contribution in [0.25, 0.3) is 0 Å². The maximum Gasteiger partial charge on any atom is 0.321 e. The Kier molecular flexibility index (Phi) is 3.07. The Labute approximate surface area is 102 Å². The smallest absolute Gasteiger partial charge is 0.321 e. The van der Waals surface area contributed by atoms with Crippen molar-refractivity contribution in [1.82, 2.24) is 5.32 Å². The van der Waals surface area contributed by atoms with Gasteiger partial charge in [-0.25, -0.2) is 4.79 Å². The summed E-state index contributed by atoms with van der Waals surface area (Å²) in [6.07, 6.45) is 0. The topological polar surface area (TPSA) is 58.4 Å². The molecule has 0 saturated carbocycles. The molecule has 92 valence electrons. The molecule has 1 aliphatic rings. The molecule has 1 heterocycles. The predicted molar refractivity (Wildman–Crippen MR) is 69.3 cm³/mol. The Morgan fingerprint density at radius 1 is 1.35 bits per heavy atom. The fourth-order valence-electron chi connectivity index (χ4n) is 1.93. The van der Waals surface area contributed by atoms with Crippen LogP contribution in [-0.4, -0.2) is 25.7 Å². The Morgan fingerprint density at radius 3 is 2.47 bits per heavy atom. The van der Waals surface area contributed by atoms with Gasteiger partial charge in [-0.3, -0.25) is 4.90 Å². The minimum atomic E-state index is -0.0220. The van der Waals surface area contributed by atoms with Crippen LogP contribution in [0.15, 0.2) is 24.3 Å². The van der Waals surface area contributed by atoms with E-state index in [9.17, 15) is 4.79 Å². The second kappa shape index (κ2) is 4.37. The quantitative estimate of drug-likeness (QED) is 0.830. The number of nitrogens with one attached hydrogen (secondary N) is 1. The van der Waals surface area contributed by atoms with Gasteiger partial charge < -0.3 is 11.1 Å². The zero-order chi connectivity index (χ0) is 12.5. The maximum absolute atomic E-state index is 11.5. The van der Waals surface area contributed by atoms with Crippen molar-refractivity contribution in [1.29, 1.82) is 0 Å². The Balaban J connectivity index is 2.21. The molecule has 2 rings (SSSR count). The van der Waals surface area contributed by atoms with Crippen LogP contribution in [0.5, 0.6) is 0 Å². The molecule has 1 aliphatic heterocycles. The van der Waals surface area contributed by atoms with Crippen molar-refractivity contribution >= 4 is 11.7 Å². The van der Waals surface area contributed by atoms with Crippen molar-refractivity contribution in [3.05, 3.63) is 29.8 Å². The van der Waals surface area contributed by atoms with E-state index in [2.05, 4.69) is 19.2 Å². The number of urea groups is 1. The number of nitrogens with two attached hydrogens (primary N) is 1. The molecule has 0 aromatic heterocycles. The van der Waals surface area contributed by atoms with Crippen LogP contribution in [0.2, 0.25) is 0 Å². The first-order chi connectivity index (χ1) is 8.04. The normalized spacial score (nSPS) is 16.2. The minimum Gasteiger partial charge on any atom is -0.336 e. The number of carbonyl (C=O) groups excluding carboxylic acids is 1. The fourth-order valence-corrected chi connectivity index (χ4v) is 1.93. The molecule has 4 nitrogen and oxygen atoms in total. The molecular weight excluding hydrogens is 214 g/mol. The van der Waals surface area contributed by atoms with Gasteiger partial charge >= 0.3 is 6.03 Å². The fraction of sp³-hybridized carbons (Fsp3) is 0.462. The minimum absolute atomic E-state index is 0.0177. The number of rotatable bonds is 3. The Bertz CT molecular complexity index is 411. The number of nitrogens with zero attached hydrogens (tertiary/aromatic N) is 1. The first-order valence-electron chi connectivity index (χ1n) is 5.90. The van der Waals surface area contributed by atoms with Gasteiger partial charge in [0.1, 0.15) is 0 Å². The molecule has 0 spiro atoms. The lowest BCUT2D eigenvalue weighted by Gasteiger charge is -2.24. The molecule has 0 bridgehead atoms. The van der Waals surface area contributed by atoms with Crippen LogP contribution in [0.1, 0.15) is 19.4 Å². The maximum atomic E-state index is 11.5. The summed E-state index contributed by atoms with van der Waals surface area (Å²) in [5.41, 5.74) is 7.86. The molecule has 2 amide bonds. The van der Waals surface area contributed by atoms with Gasteiger partial charge in [0.25, 0.3) is 0 Å². The number of hydrogen-bond acceptors (Lipinski definition) is 2. The monoisotopic (exact) mass is 233 g/mol. The molecular formula is C13H19N3O. The zero-order valence-corrected chi connectivity index (χ0v) is 10.4. The summed E-state index contributed by atoms with van der Waals surface area (Å²) in [5.74, 6) is 0. The molecule has 0 radical (unpaired) electrons. The lowest BCUT2D eigenvalue weighted by Crippen LogP contribution is -2.29. The van der Waals surface area contributed by atoms with Crippen LogP contribution in [0.3, 0.4) is 0 Å². The summed E-state index contributed by atoms with van der Waals surface area (Å²) in [6.45, 7) is 6.29. The average molecular weight is 233 g/mol. The lowest BCUT2D eigenvalue weighted by molar-refractivity contribution is 0.252.